The van der Waals surface area contributed by atoms with Crippen LogP contribution < -0.4 is 21.9 Å². The first-order chi connectivity index (χ1) is 17.2. The van der Waals surface area contributed by atoms with Gasteiger partial charge < -0.3 is 20.4 Å². The molecule has 0 saturated heterocycles. The number of carbonyl (C=O) groups is 2. The lowest BCUT2D eigenvalue weighted by atomic mass is 10.1. The molecule has 36 heavy (non-hydrogen) atoms. The van der Waals surface area contributed by atoms with Crippen molar-refractivity contribution in [3.63, 3.8) is 0 Å². The van der Waals surface area contributed by atoms with E-state index in [0.717, 1.165) is 41.4 Å². The molecule has 3 rings (SSSR count). The number of ether oxygens (including phenoxy) is 1. The summed E-state index contributed by atoms with van der Waals surface area (Å²) in [6.07, 6.45) is 3.85. The number of aromatic nitrogens is 3. The largest absolute Gasteiger partial charge is 0.452 e. The molecule has 0 fully saturated rings. The van der Waals surface area contributed by atoms with Gasteiger partial charge in [-0.15, -0.1) is 0 Å². The van der Waals surface area contributed by atoms with Crippen LogP contribution in [0, 0.1) is 13.8 Å². The molecule has 2 heterocycles. The predicted molar refractivity (Wildman–Crippen MR) is 141 cm³/mol. The number of anilines is 2. The van der Waals surface area contributed by atoms with E-state index in [9.17, 15) is 19.2 Å². The van der Waals surface area contributed by atoms with Gasteiger partial charge in [-0.05, 0) is 50.5 Å². The highest BCUT2D eigenvalue weighted by Gasteiger charge is 2.25. The van der Waals surface area contributed by atoms with E-state index in [4.69, 9.17) is 10.5 Å². The summed E-state index contributed by atoms with van der Waals surface area (Å²) in [7, 11) is 0. The Morgan fingerprint density at radius 1 is 1.06 bits per heavy atom. The minimum atomic E-state index is -0.745. The lowest BCUT2D eigenvalue weighted by Gasteiger charge is -2.24. The maximum atomic E-state index is 13.2. The van der Waals surface area contributed by atoms with E-state index in [2.05, 4.69) is 9.97 Å². The van der Waals surface area contributed by atoms with Gasteiger partial charge in [-0.3, -0.25) is 19.1 Å². The van der Waals surface area contributed by atoms with E-state index >= 15 is 0 Å². The number of nitrogen functional groups attached to an aromatic ring is 1. The van der Waals surface area contributed by atoms with Crippen LogP contribution in [0.2, 0.25) is 0 Å². The highest BCUT2D eigenvalue weighted by Crippen LogP contribution is 2.23. The Balaban J connectivity index is 1.85. The van der Waals surface area contributed by atoms with Crippen LogP contribution in [-0.4, -0.2) is 39.6 Å². The minimum Gasteiger partial charge on any atom is -0.452 e. The van der Waals surface area contributed by atoms with Crippen molar-refractivity contribution >= 4 is 34.3 Å². The fourth-order valence-electron chi connectivity index (χ4n) is 4.13. The molecule has 0 aliphatic heterocycles. The minimum absolute atomic E-state index is 0.0721. The number of hydrogen-bond acceptors (Lipinski definition) is 6. The third-order valence-electron chi connectivity index (χ3n) is 6.38. The van der Waals surface area contributed by atoms with Crippen molar-refractivity contribution in [1.29, 1.82) is 0 Å². The zero-order valence-electron chi connectivity index (χ0n) is 21.4. The number of amides is 1. The number of H-pyrrole nitrogens is 2. The molecule has 4 N–H and O–H groups in total. The molecule has 194 valence electrons. The van der Waals surface area contributed by atoms with Crippen LogP contribution in [-0.2, 0) is 16.1 Å². The first-order valence-corrected chi connectivity index (χ1v) is 12.4. The van der Waals surface area contributed by atoms with Gasteiger partial charge >= 0.3 is 11.7 Å². The summed E-state index contributed by atoms with van der Waals surface area (Å²) in [6.45, 7) is 7.86. The van der Waals surface area contributed by atoms with Gasteiger partial charge in [0.2, 0.25) is 0 Å². The van der Waals surface area contributed by atoms with Crippen LogP contribution in [0.1, 0.15) is 67.6 Å². The number of esters is 1. The average Bonchev–Trinajstić information content (AvgIpc) is 3.13. The Kier molecular flexibility index (Phi) is 8.73. The molecular weight excluding hydrogens is 462 g/mol. The Labute approximate surface area is 209 Å². The van der Waals surface area contributed by atoms with Crippen molar-refractivity contribution in [2.45, 2.75) is 66.3 Å². The van der Waals surface area contributed by atoms with Crippen molar-refractivity contribution < 1.29 is 14.3 Å². The van der Waals surface area contributed by atoms with Crippen LogP contribution in [0.3, 0.4) is 0 Å². The van der Waals surface area contributed by atoms with Gasteiger partial charge in [0.1, 0.15) is 5.82 Å². The topological polar surface area (TPSA) is 143 Å². The van der Waals surface area contributed by atoms with Crippen molar-refractivity contribution in [2.24, 2.45) is 0 Å². The third-order valence-corrected chi connectivity index (χ3v) is 6.38. The number of carbonyl (C=O) groups excluding carboxylic acids is 2. The molecule has 0 aliphatic rings. The standard InChI is InChI=1S/C26H35N5O5/c1-5-7-9-13-30(22-23(27)31(12-8-6-2)26(35)29-24(22)33)21(32)15-36-25(34)18-10-11-20-19(14-18)16(3)17(4)28-20/h10-11,14,28H,5-9,12-13,15,27H2,1-4H3,(H,29,33,35). The molecule has 0 atom stereocenters. The number of nitrogens with two attached hydrogens (primary N) is 1. The highest BCUT2D eigenvalue weighted by atomic mass is 16.5. The second kappa shape index (κ2) is 11.7. The van der Waals surface area contributed by atoms with Crippen LogP contribution >= 0.6 is 0 Å². The maximum absolute atomic E-state index is 13.2. The number of nitrogens with one attached hydrogen (secondary N) is 2. The lowest BCUT2D eigenvalue weighted by Crippen LogP contribution is -2.43. The van der Waals surface area contributed by atoms with E-state index in [1.807, 2.05) is 27.7 Å². The van der Waals surface area contributed by atoms with Gasteiger partial charge in [0.15, 0.2) is 12.3 Å². The summed E-state index contributed by atoms with van der Waals surface area (Å²) in [5, 5.41) is 0.906. The van der Waals surface area contributed by atoms with Crippen LogP contribution in [0.4, 0.5) is 11.5 Å². The first kappa shape index (κ1) is 26.8. The molecule has 0 unspecified atom stereocenters. The van der Waals surface area contributed by atoms with E-state index < -0.39 is 29.7 Å². The third kappa shape index (κ3) is 5.69. The Morgan fingerprint density at radius 3 is 2.47 bits per heavy atom. The molecule has 0 radical (unpaired) electrons. The number of fused-ring (bicyclic) bond motifs is 1. The zero-order valence-corrected chi connectivity index (χ0v) is 21.4. The SMILES string of the molecule is CCCCCN(C(=O)COC(=O)c1ccc2[nH]c(C)c(C)c2c1)c1c(N)n(CCCC)c(=O)[nH]c1=O. The Bertz CT molecular complexity index is 1370. The molecule has 2 aromatic heterocycles. The molecule has 0 spiro atoms. The number of unbranched alkanes of at least 4 members (excludes halogenated alkanes) is 3. The summed E-state index contributed by atoms with van der Waals surface area (Å²) < 4.78 is 6.60. The zero-order chi connectivity index (χ0) is 26.4. The number of benzene rings is 1. The fraction of sp³-hybridized carbons (Fsp3) is 0.462. The number of hydrogen-bond donors (Lipinski definition) is 3. The van der Waals surface area contributed by atoms with E-state index in [-0.39, 0.29) is 18.1 Å². The number of aryl methyl sites for hydroxylation is 2. The molecule has 0 saturated carbocycles. The molecule has 3 aromatic rings. The molecule has 10 heteroatoms. The molecule has 0 aliphatic carbocycles. The molecule has 0 bridgehead atoms. The second-order valence-corrected chi connectivity index (χ2v) is 8.96. The van der Waals surface area contributed by atoms with Crippen molar-refractivity contribution in [3.8, 4) is 0 Å². The smallest absolute Gasteiger partial charge is 0.338 e. The second-order valence-electron chi connectivity index (χ2n) is 8.96. The van der Waals surface area contributed by atoms with Crippen molar-refractivity contribution in [3.05, 3.63) is 55.9 Å². The highest BCUT2D eigenvalue weighted by molar-refractivity contribution is 6.00. The van der Waals surface area contributed by atoms with E-state index in [1.54, 1.807) is 18.2 Å². The van der Waals surface area contributed by atoms with E-state index in [1.165, 1.54) is 9.47 Å². The van der Waals surface area contributed by atoms with Gasteiger partial charge in [0, 0.05) is 29.7 Å². The normalized spacial score (nSPS) is 11.1. The van der Waals surface area contributed by atoms with Gasteiger partial charge in [-0.25, -0.2) is 9.59 Å². The summed E-state index contributed by atoms with van der Waals surface area (Å²) in [5.74, 6) is -1.31. The number of aromatic amines is 2. The lowest BCUT2D eigenvalue weighted by molar-refractivity contribution is -0.121. The summed E-state index contributed by atoms with van der Waals surface area (Å²) in [6, 6.07) is 5.16. The summed E-state index contributed by atoms with van der Waals surface area (Å²) in [5.41, 5.74) is 8.04. The van der Waals surface area contributed by atoms with Crippen LogP contribution in [0.15, 0.2) is 27.8 Å². The Hall–Kier alpha value is -3.82. The van der Waals surface area contributed by atoms with Gasteiger partial charge in [-0.2, -0.15) is 0 Å². The predicted octanol–water partition coefficient (Wildman–Crippen LogP) is 3.40. The van der Waals surface area contributed by atoms with Gasteiger partial charge in [-0.1, -0.05) is 33.1 Å². The average molecular weight is 498 g/mol. The van der Waals surface area contributed by atoms with Gasteiger partial charge in [0.25, 0.3) is 11.5 Å². The monoisotopic (exact) mass is 497 g/mol. The van der Waals surface area contributed by atoms with E-state index in [0.29, 0.717) is 24.9 Å². The molecular formula is C26H35N5O5. The number of nitrogens with zero attached hydrogens (tertiary/aromatic N) is 2. The quantitative estimate of drug-likeness (QED) is 0.274. The Morgan fingerprint density at radius 2 is 1.78 bits per heavy atom. The summed E-state index contributed by atoms with van der Waals surface area (Å²) >= 11 is 0. The first-order valence-electron chi connectivity index (χ1n) is 12.4. The van der Waals surface area contributed by atoms with Gasteiger partial charge in [0.05, 0.1) is 5.56 Å². The molecule has 1 amide bonds. The number of rotatable bonds is 11. The van der Waals surface area contributed by atoms with Crippen molar-refractivity contribution in [2.75, 3.05) is 23.8 Å². The maximum Gasteiger partial charge on any atom is 0.338 e. The van der Waals surface area contributed by atoms with Crippen molar-refractivity contribution in [1.82, 2.24) is 14.5 Å². The van der Waals surface area contributed by atoms with Crippen LogP contribution in [0.5, 0.6) is 0 Å². The molecule has 1 aromatic carbocycles. The van der Waals surface area contributed by atoms with Crippen LogP contribution in [0.25, 0.3) is 10.9 Å². The molecule has 10 nitrogen and oxygen atoms in total. The fourth-order valence-corrected chi connectivity index (χ4v) is 4.13. The summed E-state index contributed by atoms with van der Waals surface area (Å²) in [4.78, 5) is 57.7.